The van der Waals surface area contributed by atoms with Crippen LogP contribution in [0.25, 0.3) is 5.57 Å². The van der Waals surface area contributed by atoms with E-state index in [1.807, 2.05) is 31.2 Å². The van der Waals surface area contributed by atoms with Crippen molar-refractivity contribution in [1.82, 2.24) is 5.32 Å². The van der Waals surface area contributed by atoms with Crippen LogP contribution in [0.1, 0.15) is 18.1 Å². The molecule has 0 bridgehead atoms. The highest BCUT2D eigenvalue weighted by Gasteiger charge is 2.38. The first kappa shape index (κ1) is 22.5. The normalized spacial score (nSPS) is 14.7. The number of rotatable bonds is 7. The number of benzene rings is 2. The van der Waals surface area contributed by atoms with Gasteiger partial charge in [-0.2, -0.15) is 0 Å². The van der Waals surface area contributed by atoms with Crippen LogP contribution in [-0.2, 0) is 14.8 Å². The molecule has 1 aliphatic rings. The van der Waals surface area contributed by atoms with Crippen LogP contribution < -0.4 is 23.8 Å². The van der Waals surface area contributed by atoms with Crippen molar-refractivity contribution < 1.29 is 27.4 Å². The number of hydrogen-bond acceptors (Lipinski definition) is 6. The lowest BCUT2D eigenvalue weighted by Gasteiger charge is -2.30. The Morgan fingerprint density at radius 3 is 2.39 bits per heavy atom. The third-order valence-corrected chi connectivity index (χ3v) is 6.98. The summed E-state index contributed by atoms with van der Waals surface area (Å²) in [6, 6.07) is 10.8. The molecule has 0 aliphatic carbocycles. The maximum absolute atomic E-state index is 13.1. The Morgan fingerprint density at radius 2 is 1.74 bits per heavy atom. The highest BCUT2D eigenvalue weighted by Crippen LogP contribution is 2.44. The van der Waals surface area contributed by atoms with Crippen LogP contribution in [0.3, 0.4) is 0 Å². The van der Waals surface area contributed by atoms with Gasteiger partial charge in [0.1, 0.15) is 12.4 Å². The minimum absolute atomic E-state index is 0.154. The van der Waals surface area contributed by atoms with E-state index in [4.69, 9.17) is 14.2 Å². The predicted octanol–water partition coefficient (Wildman–Crippen LogP) is 2.72. The van der Waals surface area contributed by atoms with Crippen molar-refractivity contribution in [3.8, 4) is 17.2 Å². The van der Waals surface area contributed by atoms with Crippen molar-refractivity contribution >= 4 is 27.2 Å². The first-order chi connectivity index (χ1) is 14.7. The number of aryl methyl sites for hydroxylation is 1. The molecule has 9 heteroatoms. The molecule has 2 aromatic carbocycles. The zero-order chi connectivity index (χ0) is 22.8. The molecule has 1 amide bonds. The Kier molecular flexibility index (Phi) is 6.45. The van der Waals surface area contributed by atoms with E-state index < -0.39 is 15.9 Å². The number of hydrogen-bond donors (Lipinski definition) is 1. The second kappa shape index (κ2) is 8.89. The number of sulfonamides is 1. The molecule has 0 fully saturated rings. The highest BCUT2D eigenvalue weighted by molar-refractivity contribution is 7.97. The van der Waals surface area contributed by atoms with Gasteiger partial charge >= 0.3 is 0 Å². The van der Waals surface area contributed by atoms with Crippen molar-refractivity contribution in [1.29, 1.82) is 0 Å². The molecule has 0 saturated carbocycles. The van der Waals surface area contributed by atoms with Gasteiger partial charge in [-0.05, 0) is 43.2 Å². The Labute approximate surface area is 182 Å². The molecule has 0 unspecified atom stereocenters. The van der Waals surface area contributed by atoms with E-state index in [2.05, 4.69) is 5.32 Å². The molecule has 0 radical (unpaired) electrons. The molecule has 0 saturated heterocycles. The molecular formula is C22H26N2O6S. The SMILES string of the molecule is COc1cc2c(cc1OC)N(C)S(=O)(=O)C(C(=O)NCCOc1cccc(C)c1)=C2C. The molecule has 1 heterocycles. The Bertz CT molecular complexity index is 1140. The van der Waals surface area contributed by atoms with E-state index in [1.54, 1.807) is 19.1 Å². The lowest BCUT2D eigenvalue weighted by molar-refractivity contribution is -0.116. The van der Waals surface area contributed by atoms with E-state index in [-0.39, 0.29) is 18.1 Å². The van der Waals surface area contributed by atoms with E-state index >= 15 is 0 Å². The lowest BCUT2D eigenvalue weighted by Crippen LogP contribution is -2.40. The molecule has 8 nitrogen and oxygen atoms in total. The molecule has 1 aliphatic heterocycles. The maximum Gasteiger partial charge on any atom is 0.269 e. The number of ether oxygens (including phenoxy) is 3. The highest BCUT2D eigenvalue weighted by atomic mass is 32.2. The van der Waals surface area contributed by atoms with Gasteiger partial charge in [0.05, 0.1) is 26.5 Å². The summed E-state index contributed by atoms with van der Waals surface area (Å²) in [5.74, 6) is 0.846. The van der Waals surface area contributed by atoms with Gasteiger partial charge in [0.25, 0.3) is 15.9 Å². The zero-order valence-electron chi connectivity index (χ0n) is 18.2. The number of anilines is 1. The van der Waals surface area contributed by atoms with Crippen molar-refractivity contribution in [3.05, 3.63) is 52.4 Å². The largest absolute Gasteiger partial charge is 0.493 e. The van der Waals surface area contributed by atoms with Gasteiger partial charge in [-0.15, -0.1) is 0 Å². The van der Waals surface area contributed by atoms with Crippen molar-refractivity contribution in [3.63, 3.8) is 0 Å². The van der Waals surface area contributed by atoms with Gasteiger partial charge in [-0.25, -0.2) is 8.42 Å². The number of nitrogens with zero attached hydrogens (tertiary/aromatic N) is 1. The first-order valence-electron chi connectivity index (χ1n) is 9.64. The molecule has 31 heavy (non-hydrogen) atoms. The van der Waals surface area contributed by atoms with Gasteiger partial charge in [-0.1, -0.05) is 12.1 Å². The van der Waals surface area contributed by atoms with Crippen LogP contribution in [0.4, 0.5) is 5.69 Å². The van der Waals surface area contributed by atoms with E-state index in [0.717, 1.165) is 9.87 Å². The zero-order valence-corrected chi connectivity index (χ0v) is 19.0. The smallest absolute Gasteiger partial charge is 0.269 e. The minimum atomic E-state index is -4.04. The molecule has 1 N–H and O–H groups in total. The topological polar surface area (TPSA) is 94.2 Å². The molecule has 166 valence electrons. The second-order valence-electron chi connectivity index (χ2n) is 7.07. The van der Waals surface area contributed by atoms with Crippen LogP contribution in [0.5, 0.6) is 17.2 Å². The molecule has 0 spiro atoms. The Balaban J connectivity index is 1.84. The quantitative estimate of drug-likeness (QED) is 0.658. The van der Waals surface area contributed by atoms with E-state index in [0.29, 0.717) is 34.1 Å². The lowest BCUT2D eigenvalue weighted by atomic mass is 10.0. The summed E-state index contributed by atoms with van der Waals surface area (Å²) >= 11 is 0. The fraction of sp³-hybridized carbons (Fsp3) is 0.318. The molecule has 0 atom stereocenters. The van der Waals surface area contributed by atoms with Gasteiger partial charge in [0.2, 0.25) is 0 Å². The summed E-state index contributed by atoms with van der Waals surface area (Å²) in [4.78, 5) is 12.5. The van der Waals surface area contributed by atoms with Crippen molar-refractivity contribution in [2.75, 3.05) is 38.7 Å². The second-order valence-corrected chi connectivity index (χ2v) is 8.98. The number of amides is 1. The van der Waals surface area contributed by atoms with Gasteiger partial charge < -0.3 is 19.5 Å². The summed E-state index contributed by atoms with van der Waals surface area (Å²) in [6.45, 7) is 3.92. The number of carbonyl (C=O) groups excluding carboxylic acids is 1. The average Bonchev–Trinajstić information content (AvgIpc) is 2.74. The maximum atomic E-state index is 13.1. The Morgan fingerprint density at radius 1 is 1.06 bits per heavy atom. The summed E-state index contributed by atoms with van der Waals surface area (Å²) in [7, 11) is 0.332. The molecule has 2 aromatic rings. The Hall–Kier alpha value is -3.20. The fourth-order valence-electron chi connectivity index (χ4n) is 3.42. The van der Waals surface area contributed by atoms with Crippen LogP contribution in [-0.4, -0.2) is 48.7 Å². The summed E-state index contributed by atoms with van der Waals surface area (Å²) in [5.41, 5.74) is 2.39. The summed E-state index contributed by atoms with van der Waals surface area (Å²) in [5, 5.41) is 2.64. The number of allylic oxidation sites excluding steroid dienone is 1. The van der Waals surface area contributed by atoms with Gasteiger partial charge in [-0.3, -0.25) is 9.10 Å². The van der Waals surface area contributed by atoms with Crippen LogP contribution >= 0.6 is 0 Å². The fourth-order valence-corrected chi connectivity index (χ4v) is 4.90. The number of fused-ring (bicyclic) bond motifs is 1. The minimum Gasteiger partial charge on any atom is -0.493 e. The molecular weight excluding hydrogens is 420 g/mol. The number of nitrogens with one attached hydrogen (secondary N) is 1. The monoisotopic (exact) mass is 446 g/mol. The van der Waals surface area contributed by atoms with Crippen molar-refractivity contribution in [2.45, 2.75) is 13.8 Å². The van der Waals surface area contributed by atoms with Gasteiger partial charge in [0.15, 0.2) is 16.4 Å². The summed E-state index contributed by atoms with van der Waals surface area (Å²) in [6.07, 6.45) is 0. The molecule has 0 aromatic heterocycles. The number of methoxy groups -OCH3 is 2. The third kappa shape index (κ3) is 4.32. The molecule has 3 rings (SSSR count). The third-order valence-electron chi connectivity index (χ3n) is 5.06. The van der Waals surface area contributed by atoms with E-state index in [1.165, 1.54) is 21.3 Å². The van der Waals surface area contributed by atoms with Crippen LogP contribution in [0.15, 0.2) is 41.3 Å². The van der Waals surface area contributed by atoms with Gasteiger partial charge in [0, 0.05) is 18.7 Å². The predicted molar refractivity (Wildman–Crippen MR) is 119 cm³/mol. The number of carbonyl (C=O) groups is 1. The standard InChI is InChI=1S/C22H26N2O6S/c1-14-7-6-8-16(11-14)30-10-9-23-22(25)21-15(2)17-12-19(28-4)20(29-5)13-18(17)24(3)31(21,26)27/h6-8,11-13H,9-10H2,1-5H3,(H,23,25). The average molecular weight is 447 g/mol. The van der Waals surface area contributed by atoms with Crippen LogP contribution in [0.2, 0.25) is 0 Å². The summed E-state index contributed by atoms with van der Waals surface area (Å²) < 4.78 is 43.5. The van der Waals surface area contributed by atoms with Crippen LogP contribution in [0, 0.1) is 6.92 Å². The first-order valence-corrected chi connectivity index (χ1v) is 11.1. The van der Waals surface area contributed by atoms with E-state index in [9.17, 15) is 13.2 Å². The van der Waals surface area contributed by atoms with Crippen molar-refractivity contribution in [2.24, 2.45) is 0 Å².